The molecule has 7 heteroatoms. The molecule has 0 atom stereocenters. The maximum absolute atomic E-state index is 12.7. The summed E-state index contributed by atoms with van der Waals surface area (Å²) in [5.41, 5.74) is 0.635. The van der Waals surface area contributed by atoms with Crippen LogP contribution in [-0.4, -0.2) is 30.2 Å². The van der Waals surface area contributed by atoms with Crippen LogP contribution in [0.2, 0.25) is 0 Å². The molecule has 0 radical (unpaired) electrons. The van der Waals surface area contributed by atoms with Crippen molar-refractivity contribution in [3.63, 3.8) is 0 Å². The van der Waals surface area contributed by atoms with Crippen molar-refractivity contribution >= 4 is 32.6 Å². The Bertz CT molecular complexity index is 1030. The Morgan fingerprint density at radius 1 is 0.926 bits per heavy atom. The Labute approximate surface area is 157 Å². The van der Waals surface area contributed by atoms with Crippen LogP contribution >= 0.6 is 0 Å². The maximum Gasteiger partial charge on any atom is 0.312 e. The number of hydrogen-bond donors (Lipinski definition) is 0. The van der Waals surface area contributed by atoms with Crippen LogP contribution in [0.5, 0.6) is 5.75 Å². The molecule has 0 spiro atoms. The molecule has 6 nitrogen and oxygen atoms in total. The molecule has 1 fully saturated rings. The van der Waals surface area contributed by atoms with E-state index in [4.69, 9.17) is 4.18 Å². The Morgan fingerprint density at radius 3 is 2.33 bits per heavy atom. The summed E-state index contributed by atoms with van der Waals surface area (Å²) in [5, 5.41) is 0.174. The lowest BCUT2D eigenvalue weighted by Gasteiger charge is -2.21. The number of aromatic nitrogens is 1. The number of fused-ring (bicyclic) bond motifs is 1. The van der Waals surface area contributed by atoms with Gasteiger partial charge in [-0.1, -0.05) is 37.5 Å². The first-order chi connectivity index (χ1) is 13.0. The Morgan fingerprint density at radius 2 is 1.63 bits per heavy atom. The fourth-order valence-corrected chi connectivity index (χ4v) is 5.13. The average molecular weight is 385 g/mol. The van der Waals surface area contributed by atoms with Gasteiger partial charge in [-0.15, -0.1) is 0 Å². The zero-order chi connectivity index (χ0) is 19.0. The Balaban J connectivity index is 1.71. The number of ketones is 2. The highest BCUT2D eigenvalue weighted by atomic mass is 32.2. The van der Waals surface area contributed by atoms with Crippen molar-refractivity contribution < 1.29 is 22.2 Å². The predicted molar refractivity (Wildman–Crippen MR) is 100 cm³/mol. The molecule has 1 aromatic heterocycles. The molecule has 1 saturated carbocycles. The van der Waals surface area contributed by atoms with Gasteiger partial charge in [0, 0.05) is 5.39 Å². The topological polar surface area (TPSA) is 90.4 Å². The molecule has 1 heterocycles. The molecule has 4 rings (SSSR count). The summed E-state index contributed by atoms with van der Waals surface area (Å²) in [7, 11) is -3.77. The first-order valence-electron chi connectivity index (χ1n) is 9.04. The quantitative estimate of drug-likeness (QED) is 0.593. The summed E-state index contributed by atoms with van der Waals surface area (Å²) in [4.78, 5) is 28.3. The highest BCUT2D eigenvalue weighted by molar-refractivity contribution is 7.87. The smallest absolute Gasteiger partial charge is 0.312 e. The molecule has 27 heavy (non-hydrogen) atoms. The molecule has 1 aromatic carbocycles. The van der Waals surface area contributed by atoms with E-state index in [9.17, 15) is 18.0 Å². The van der Waals surface area contributed by atoms with Gasteiger partial charge in [-0.3, -0.25) is 9.59 Å². The van der Waals surface area contributed by atoms with Gasteiger partial charge in [0.15, 0.2) is 17.3 Å². The van der Waals surface area contributed by atoms with Crippen LogP contribution in [0.25, 0.3) is 10.9 Å². The van der Waals surface area contributed by atoms with E-state index in [0.29, 0.717) is 29.4 Å². The van der Waals surface area contributed by atoms with Gasteiger partial charge < -0.3 is 4.18 Å². The number of para-hydroxylation sites is 1. The van der Waals surface area contributed by atoms with Crippen LogP contribution in [0.4, 0.5) is 0 Å². The monoisotopic (exact) mass is 385 g/mol. The summed E-state index contributed by atoms with van der Waals surface area (Å²) in [6, 6.07) is 8.37. The predicted octanol–water partition coefficient (Wildman–Crippen LogP) is 3.07. The molecule has 0 bridgehead atoms. The Hall–Kier alpha value is -2.54. The second kappa shape index (κ2) is 6.88. The molecule has 0 N–H and O–H groups in total. The molecule has 0 saturated heterocycles. The number of hydrogen-bond acceptors (Lipinski definition) is 6. The van der Waals surface area contributed by atoms with Crippen molar-refractivity contribution in [2.45, 2.75) is 43.3 Å². The standard InChI is InChI=1S/C20H19NO5S/c22-16-11-12-17(23)19(16)15-10-9-13-5-4-8-18(20(13)21-15)26-27(24,25)14-6-2-1-3-7-14/h4-5,8-12,14,19H,1-3,6-7H2. The van der Waals surface area contributed by atoms with Crippen molar-refractivity contribution in [2.75, 3.05) is 0 Å². The summed E-state index contributed by atoms with van der Waals surface area (Å²) in [6.45, 7) is 0. The molecular weight excluding hydrogens is 366 g/mol. The molecule has 0 unspecified atom stereocenters. The van der Waals surface area contributed by atoms with Crippen molar-refractivity contribution in [3.8, 4) is 5.75 Å². The van der Waals surface area contributed by atoms with E-state index in [2.05, 4.69) is 4.98 Å². The number of carbonyl (C=O) groups is 2. The van der Waals surface area contributed by atoms with E-state index >= 15 is 0 Å². The van der Waals surface area contributed by atoms with Crippen molar-refractivity contribution in [1.82, 2.24) is 4.98 Å². The van der Waals surface area contributed by atoms with E-state index in [1.165, 1.54) is 12.2 Å². The average Bonchev–Trinajstić information content (AvgIpc) is 3.00. The van der Waals surface area contributed by atoms with Gasteiger partial charge >= 0.3 is 10.1 Å². The zero-order valence-corrected chi connectivity index (χ0v) is 15.4. The van der Waals surface area contributed by atoms with Gasteiger partial charge in [0.2, 0.25) is 0 Å². The fraction of sp³-hybridized carbons (Fsp3) is 0.350. The lowest BCUT2D eigenvalue weighted by atomic mass is 9.99. The molecule has 2 aliphatic carbocycles. The van der Waals surface area contributed by atoms with E-state index in [1.54, 1.807) is 30.3 Å². The van der Waals surface area contributed by atoms with E-state index in [0.717, 1.165) is 19.3 Å². The second-order valence-electron chi connectivity index (χ2n) is 6.97. The summed E-state index contributed by atoms with van der Waals surface area (Å²) in [6.07, 6.45) is 6.49. The SMILES string of the molecule is O=C1C=CC(=O)C1c1ccc2cccc(OS(=O)(=O)C3CCCCC3)c2n1. The largest absolute Gasteiger partial charge is 0.380 e. The first-order valence-corrected chi connectivity index (χ1v) is 10.5. The van der Waals surface area contributed by atoms with E-state index in [1.807, 2.05) is 0 Å². The third-order valence-corrected chi connectivity index (χ3v) is 6.85. The summed E-state index contributed by atoms with van der Waals surface area (Å²) in [5.74, 6) is -1.47. The minimum atomic E-state index is -3.77. The molecule has 2 aromatic rings. The van der Waals surface area contributed by atoms with Crippen LogP contribution in [-0.2, 0) is 19.7 Å². The highest BCUT2D eigenvalue weighted by Crippen LogP contribution is 2.31. The lowest BCUT2D eigenvalue weighted by Crippen LogP contribution is -2.28. The second-order valence-corrected chi connectivity index (χ2v) is 8.79. The van der Waals surface area contributed by atoms with Gasteiger partial charge in [0.25, 0.3) is 0 Å². The van der Waals surface area contributed by atoms with Gasteiger partial charge in [-0.2, -0.15) is 8.42 Å². The third-order valence-electron chi connectivity index (χ3n) is 5.15. The lowest BCUT2D eigenvalue weighted by molar-refractivity contribution is -0.122. The number of benzene rings is 1. The van der Waals surface area contributed by atoms with Crippen LogP contribution in [0, 0.1) is 0 Å². The number of allylic oxidation sites excluding steroid dienone is 2. The molecule has 140 valence electrons. The summed E-state index contributed by atoms with van der Waals surface area (Å²) < 4.78 is 30.8. The van der Waals surface area contributed by atoms with Gasteiger partial charge in [0.05, 0.1) is 10.9 Å². The number of nitrogens with zero attached hydrogens (tertiary/aromatic N) is 1. The van der Waals surface area contributed by atoms with Crippen LogP contribution in [0.3, 0.4) is 0 Å². The van der Waals surface area contributed by atoms with Gasteiger partial charge in [0.1, 0.15) is 11.4 Å². The number of rotatable bonds is 4. The maximum atomic E-state index is 12.7. The number of pyridine rings is 1. The van der Waals surface area contributed by atoms with Crippen molar-refractivity contribution in [2.24, 2.45) is 0 Å². The summed E-state index contributed by atoms with van der Waals surface area (Å²) >= 11 is 0. The van der Waals surface area contributed by atoms with E-state index in [-0.39, 0.29) is 17.3 Å². The van der Waals surface area contributed by atoms with Crippen LogP contribution in [0.1, 0.15) is 43.7 Å². The normalized spacial score (nSPS) is 19.1. The first kappa shape index (κ1) is 17.9. The van der Waals surface area contributed by atoms with Crippen LogP contribution in [0.15, 0.2) is 42.5 Å². The highest BCUT2D eigenvalue weighted by Gasteiger charge is 2.32. The molecule has 2 aliphatic rings. The molecular formula is C20H19NO5S. The van der Waals surface area contributed by atoms with Crippen molar-refractivity contribution in [3.05, 3.63) is 48.2 Å². The fourth-order valence-electron chi connectivity index (χ4n) is 3.70. The van der Waals surface area contributed by atoms with E-state index < -0.39 is 21.3 Å². The van der Waals surface area contributed by atoms with Crippen molar-refractivity contribution in [1.29, 1.82) is 0 Å². The minimum absolute atomic E-state index is 0.130. The van der Waals surface area contributed by atoms with Crippen LogP contribution < -0.4 is 4.18 Å². The molecule has 0 aliphatic heterocycles. The zero-order valence-electron chi connectivity index (χ0n) is 14.6. The van der Waals surface area contributed by atoms with Gasteiger partial charge in [-0.05, 0) is 37.1 Å². The van der Waals surface area contributed by atoms with Gasteiger partial charge in [-0.25, -0.2) is 4.98 Å². The Kier molecular flexibility index (Phi) is 4.55. The number of carbonyl (C=O) groups excluding carboxylic acids is 2. The minimum Gasteiger partial charge on any atom is -0.380 e. The third kappa shape index (κ3) is 3.39. The molecule has 0 amide bonds.